The number of anilines is 1. The molecule has 162 valence electrons. The number of fused-ring (bicyclic) bond motifs is 1. The molecule has 1 aromatic heterocycles. The zero-order valence-corrected chi connectivity index (χ0v) is 17.9. The zero-order chi connectivity index (χ0) is 22.1. The second-order valence-electron chi connectivity index (χ2n) is 8.08. The lowest BCUT2D eigenvalue weighted by Crippen LogP contribution is -2.29. The van der Waals surface area contributed by atoms with E-state index < -0.39 is 0 Å². The number of ether oxygens (including phenoxy) is 2. The molecule has 2 N–H and O–H groups in total. The van der Waals surface area contributed by atoms with Crippen molar-refractivity contribution in [1.82, 2.24) is 9.55 Å². The third kappa shape index (κ3) is 3.85. The molecule has 2 unspecified atom stereocenters. The van der Waals surface area contributed by atoms with Gasteiger partial charge in [-0.15, -0.1) is 0 Å². The number of hydrogen-bond donors (Lipinski definition) is 1. The molecule has 4 aromatic rings. The van der Waals surface area contributed by atoms with Crippen LogP contribution in [0.4, 0.5) is 5.95 Å². The van der Waals surface area contributed by atoms with E-state index in [0.717, 1.165) is 35.3 Å². The van der Waals surface area contributed by atoms with Gasteiger partial charge in [-0.25, -0.2) is 4.98 Å². The largest absolute Gasteiger partial charge is 0.497 e. The van der Waals surface area contributed by atoms with Gasteiger partial charge in [0.05, 0.1) is 36.8 Å². The minimum Gasteiger partial charge on any atom is -0.497 e. The molecule has 0 saturated carbocycles. The first-order chi connectivity index (χ1) is 15.6. The molecule has 1 saturated heterocycles. The maximum atomic E-state index is 13.2. The van der Waals surface area contributed by atoms with Gasteiger partial charge in [0, 0.05) is 0 Å². The van der Waals surface area contributed by atoms with Crippen molar-refractivity contribution in [3.05, 3.63) is 88.7 Å². The van der Waals surface area contributed by atoms with Crippen LogP contribution in [0.25, 0.3) is 22.0 Å². The van der Waals surface area contributed by atoms with E-state index in [9.17, 15) is 4.79 Å². The molecule has 0 radical (unpaired) electrons. The van der Waals surface area contributed by atoms with Crippen LogP contribution in [-0.2, 0) is 11.3 Å². The topological polar surface area (TPSA) is 79.4 Å². The summed E-state index contributed by atoms with van der Waals surface area (Å²) < 4.78 is 13.1. The van der Waals surface area contributed by atoms with Crippen LogP contribution < -0.4 is 16.0 Å². The summed E-state index contributed by atoms with van der Waals surface area (Å²) in [6, 6.07) is 23.6. The first-order valence-corrected chi connectivity index (χ1v) is 10.8. The number of methoxy groups -OCH3 is 1. The smallest absolute Gasteiger partial charge is 0.262 e. The quantitative estimate of drug-likeness (QED) is 0.505. The number of nitrogen functional groups attached to an aromatic ring is 1. The van der Waals surface area contributed by atoms with E-state index in [-0.39, 0.29) is 23.7 Å². The molecular weight excluding hydrogens is 402 g/mol. The normalized spacial score (nSPS) is 18.2. The molecular formula is C26H25N3O3. The van der Waals surface area contributed by atoms with Crippen LogP contribution in [0.15, 0.2) is 77.6 Å². The third-order valence-corrected chi connectivity index (χ3v) is 6.05. The number of nitrogens with two attached hydrogens (primary N) is 1. The Hall–Kier alpha value is -3.64. The Morgan fingerprint density at radius 2 is 1.88 bits per heavy atom. The molecule has 32 heavy (non-hydrogen) atoms. The molecule has 2 atom stereocenters. The molecule has 1 fully saturated rings. The lowest BCUT2D eigenvalue weighted by atomic mass is 10.0. The van der Waals surface area contributed by atoms with Gasteiger partial charge in [-0.05, 0) is 53.8 Å². The van der Waals surface area contributed by atoms with E-state index in [2.05, 4.69) is 4.98 Å². The summed E-state index contributed by atoms with van der Waals surface area (Å²) in [4.78, 5) is 17.7. The highest BCUT2D eigenvalue weighted by Gasteiger charge is 2.28. The zero-order valence-electron chi connectivity index (χ0n) is 17.9. The third-order valence-electron chi connectivity index (χ3n) is 6.05. The Bertz CT molecular complexity index is 1320. The van der Waals surface area contributed by atoms with Gasteiger partial charge in [0.2, 0.25) is 5.95 Å². The first kappa shape index (κ1) is 20.3. The summed E-state index contributed by atoms with van der Waals surface area (Å²) in [6.07, 6.45) is 1.61. The minimum atomic E-state index is -0.138. The predicted molar refractivity (Wildman–Crippen MR) is 126 cm³/mol. The number of nitrogens with zero attached hydrogens (tertiary/aromatic N) is 2. The monoisotopic (exact) mass is 427 g/mol. The van der Waals surface area contributed by atoms with Crippen molar-refractivity contribution in [3.63, 3.8) is 0 Å². The SMILES string of the molecule is COc1cccc(C2CCC(Cn3c(N)nc4cc(-c5ccccc5)ccc4c3=O)O2)c1. The summed E-state index contributed by atoms with van der Waals surface area (Å²) in [6.45, 7) is 0.383. The van der Waals surface area contributed by atoms with Gasteiger partial charge in [-0.2, -0.15) is 0 Å². The van der Waals surface area contributed by atoms with Crippen LogP contribution >= 0.6 is 0 Å². The van der Waals surface area contributed by atoms with E-state index in [1.807, 2.05) is 72.8 Å². The molecule has 0 aliphatic carbocycles. The molecule has 1 aliphatic rings. The molecule has 0 bridgehead atoms. The van der Waals surface area contributed by atoms with Crippen LogP contribution in [0, 0.1) is 0 Å². The summed E-state index contributed by atoms with van der Waals surface area (Å²) in [7, 11) is 1.65. The molecule has 3 aromatic carbocycles. The van der Waals surface area contributed by atoms with Gasteiger partial charge in [0.15, 0.2) is 0 Å². The highest BCUT2D eigenvalue weighted by Crippen LogP contribution is 2.34. The number of benzene rings is 3. The standard InChI is InChI=1S/C26H25N3O3/c1-31-20-9-5-8-19(14-20)24-13-11-21(32-24)16-29-25(30)22-12-10-18(15-23(22)28-26(29)27)17-6-3-2-4-7-17/h2-10,12,14-15,21,24H,11,13,16H2,1H3,(H2,27,28). The van der Waals surface area contributed by atoms with E-state index in [1.54, 1.807) is 7.11 Å². The highest BCUT2D eigenvalue weighted by atomic mass is 16.5. The maximum absolute atomic E-state index is 13.2. The van der Waals surface area contributed by atoms with E-state index in [1.165, 1.54) is 4.57 Å². The van der Waals surface area contributed by atoms with E-state index >= 15 is 0 Å². The second kappa shape index (κ2) is 8.48. The molecule has 0 spiro atoms. The Kier molecular flexibility index (Phi) is 5.37. The minimum absolute atomic E-state index is 0.0196. The van der Waals surface area contributed by atoms with Crippen molar-refractivity contribution >= 4 is 16.9 Å². The number of rotatable bonds is 5. The fourth-order valence-corrected chi connectivity index (χ4v) is 4.36. The van der Waals surface area contributed by atoms with Crippen LogP contribution in [0.2, 0.25) is 0 Å². The highest BCUT2D eigenvalue weighted by molar-refractivity contribution is 5.84. The molecule has 0 amide bonds. The van der Waals surface area contributed by atoms with Gasteiger partial charge in [0.1, 0.15) is 5.75 Å². The van der Waals surface area contributed by atoms with Gasteiger partial charge in [-0.1, -0.05) is 48.5 Å². The lowest BCUT2D eigenvalue weighted by Gasteiger charge is -2.17. The summed E-state index contributed by atoms with van der Waals surface area (Å²) >= 11 is 0. The lowest BCUT2D eigenvalue weighted by molar-refractivity contribution is 0.0347. The molecule has 6 heteroatoms. The van der Waals surface area contributed by atoms with Crippen molar-refractivity contribution < 1.29 is 9.47 Å². The fraction of sp³-hybridized carbons (Fsp3) is 0.231. The van der Waals surface area contributed by atoms with Crippen molar-refractivity contribution in [2.45, 2.75) is 31.6 Å². The summed E-state index contributed by atoms with van der Waals surface area (Å²) in [5.74, 6) is 1.02. The fourth-order valence-electron chi connectivity index (χ4n) is 4.36. The van der Waals surface area contributed by atoms with Gasteiger partial charge < -0.3 is 15.2 Å². The van der Waals surface area contributed by atoms with Crippen LogP contribution in [0.1, 0.15) is 24.5 Å². The molecule has 6 nitrogen and oxygen atoms in total. The average molecular weight is 428 g/mol. The van der Waals surface area contributed by atoms with Crippen molar-refractivity contribution in [3.8, 4) is 16.9 Å². The Labute approximate surface area is 186 Å². The number of hydrogen-bond acceptors (Lipinski definition) is 5. The second-order valence-corrected chi connectivity index (χ2v) is 8.08. The Morgan fingerprint density at radius 1 is 1.03 bits per heavy atom. The Balaban J connectivity index is 1.39. The summed E-state index contributed by atoms with van der Waals surface area (Å²) in [5.41, 5.74) is 9.84. The van der Waals surface area contributed by atoms with Gasteiger partial charge in [-0.3, -0.25) is 9.36 Å². The van der Waals surface area contributed by atoms with Crippen molar-refractivity contribution in [2.75, 3.05) is 12.8 Å². The summed E-state index contributed by atoms with van der Waals surface area (Å²) in [5, 5.41) is 0.557. The molecule has 1 aliphatic heterocycles. The molecule has 5 rings (SSSR count). The number of aromatic nitrogens is 2. The van der Waals surface area contributed by atoms with Crippen molar-refractivity contribution in [1.29, 1.82) is 0 Å². The van der Waals surface area contributed by atoms with Crippen LogP contribution in [0.3, 0.4) is 0 Å². The van der Waals surface area contributed by atoms with E-state index in [0.29, 0.717) is 17.4 Å². The predicted octanol–water partition coefficient (Wildman–Crippen LogP) is 4.57. The Morgan fingerprint density at radius 3 is 2.69 bits per heavy atom. The van der Waals surface area contributed by atoms with Gasteiger partial charge >= 0.3 is 0 Å². The van der Waals surface area contributed by atoms with E-state index in [4.69, 9.17) is 15.2 Å². The molecule has 2 heterocycles. The average Bonchev–Trinajstić information content (AvgIpc) is 3.31. The van der Waals surface area contributed by atoms with Crippen LogP contribution in [0.5, 0.6) is 5.75 Å². The van der Waals surface area contributed by atoms with Gasteiger partial charge in [0.25, 0.3) is 5.56 Å². The van der Waals surface area contributed by atoms with Crippen molar-refractivity contribution in [2.24, 2.45) is 0 Å². The first-order valence-electron chi connectivity index (χ1n) is 10.8. The maximum Gasteiger partial charge on any atom is 0.262 e. The van der Waals surface area contributed by atoms with Crippen LogP contribution in [-0.4, -0.2) is 22.8 Å².